The van der Waals surface area contributed by atoms with Gasteiger partial charge in [-0.25, -0.2) is 0 Å². The summed E-state index contributed by atoms with van der Waals surface area (Å²) in [5.74, 6) is 0. The van der Waals surface area contributed by atoms with E-state index in [0.717, 1.165) is 12.8 Å². The average Bonchev–Trinajstić information content (AvgIpc) is 2.53. The summed E-state index contributed by atoms with van der Waals surface area (Å²) < 4.78 is 1.47. The molecule has 0 N–H and O–H groups in total. The average molecular weight is 413 g/mol. The zero-order valence-corrected chi connectivity index (χ0v) is 16.0. The van der Waals surface area contributed by atoms with Crippen LogP contribution < -0.4 is 3.58 Å². The summed E-state index contributed by atoms with van der Waals surface area (Å²) in [4.78, 5) is 0. The van der Waals surface area contributed by atoms with E-state index in [0.29, 0.717) is 0 Å². The second-order valence-electron chi connectivity index (χ2n) is 5.27. The van der Waals surface area contributed by atoms with Gasteiger partial charge < -0.3 is 0 Å². The number of rotatable bonds is 4. The van der Waals surface area contributed by atoms with Crippen molar-refractivity contribution in [2.45, 2.75) is 12.8 Å². The third-order valence-electron chi connectivity index (χ3n) is 3.73. The van der Waals surface area contributed by atoms with Gasteiger partial charge in [0.15, 0.2) is 0 Å². The van der Waals surface area contributed by atoms with Crippen molar-refractivity contribution in [1.82, 2.24) is 0 Å². The van der Waals surface area contributed by atoms with Gasteiger partial charge in [-0.2, -0.15) is 0 Å². The van der Waals surface area contributed by atoms with Gasteiger partial charge in [0.2, 0.25) is 0 Å². The van der Waals surface area contributed by atoms with Gasteiger partial charge in [-0.3, -0.25) is 0 Å². The summed E-state index contributed by atoms with van der Waals surface area (Å²) in [6, 6.07) is 28.2. The fourth-order valence-corrected chi connectivity index (χ4v) is 3.61. The molecule has 22 heavy (non-hydrogen) atoms. The first-order valence-electron chi connectivity index (χ1n) is 7.23. The predicted molar refractivity (Wildman–Crippen MR) is 97.6 cm³/mol. The summed E-state index contributed by atoms with van der Waals surface area (Å²) in [5, 5.41) is 0. The van der Waals surface area contributed by atoms with Gasteiger partial charge in [-0.1, -0.05) is 0 Å². The van der Waals surface area contributed by atoms with Gasteiger partial charge >= 0.3 is 140 Å². The molecule has 2 heteroatoms. The van der Waals surface area contributed by atoms with Crippen molar-refractivity contribution in [3.63, 3.8) is 0 Å². The number of hydrogen-bond acceptors (Lipinski definition) is 0. The first-order chi connectivity index (χ1) is 10.3. The second kappa shape index (κ2) is 8.40. The Hall–Kier alpha value is -1.25. The molecule has 0 fully saturated rings. The third kappa shape index (κ3) is 4.37. The molecule has 0 spiro atoms. The molecule has 0 bridgehead atoms. The van der Waals surface area contributed by atoms with Gasteiger partial charge in [0.05, 0.1) is 0 Å². The molecule has 0 atom stereocenters. The Bertz CT molecular complexity index is 708. The van der Waals surface area contributed by atoms with Crippen LogP contribution in [-0.2, 0) is 12.8 Å². The minimum absolute atomic E-state index is 0. The van der Waals surface area contributed by atoms with Gasteiger partial charge in [0.1, 0.15) is 0 Å². The van der Waals surface area contributed by atoms with Crippen molar-refractivity contribution in [2.24, 2.45) is 0 Å². The molecule has 0 aliphatic heterocycles. The van der Waals surface area contributed by atoms with Crippen LogP contribution in [0.5, 0.6) is 0 Å². The van der Waals surface area contributed by atoms with Crippen LogP contribution in [0.15, 0.2) is 78.9 Å². The van der Waals surface area contributed by atoms with Crippen molar-refractivity contribution in [2.75, 3.05) is 0 Å². The molecule has 0 nitrogen and oxygen atoms in total. The fourth-order valence-electron chi connectivity index (χ4n) is 2.62. The topological polar surface area (TPSA) is 0 Å². The maximum atomic E-state index is 2.28. The molecule has 0 aliphatic carbocycles. The van der Waals surface area contributed by atoms with Gasteiger partial charge in [0.25, 0.3) is 0 Å². The Balaban J connectivity index is 0.00000176. The van der Waals surface area contributed by atoms with Crippen molar-refractivity contribution < 1.29 is 0 Å². The van der Waals surface area contributed by atoms with Crippen LogP contribution in [0.4, 0.5) is 0 Å². The molecule has 3 rings (SSSR count). The monoisotopic (exact) mass is 413 g/mol. The zero-order chi connectivity index (χ0) is 14.5. The molecule has 0 amide bonds. The van der Waals surface area contributed by atoms with E-state index < -0.39 is 0 Å². The molecule has 0 saturated carbocycles. The Labute approximate surface area is 152 Å². The van der Waals surface area contributed by atoms with Crippen LogP contribution in [0.2, 0.25) is 0 Å². The summed E-state index contributed by atoms with van der Waals surface area (Å²) in [6.45, 7) is 0. The fraction of sp³-hybridized carbons (Fsp3) is 0.100. The standard InChI is InChI=1S/C20H17.ClH.Sn/c1-3-9-17(10-4-1)15-19-13-7-8-14-20(19)16-18-11-5-2-6-12-18;;/h1-13H,15-16H2;1H;. The first kappa shape index (κ1) is 17.1. The number of benzene rings is 3. The Morgan fingerprint density at radius 1 is 0.591 bits per heavy atom. The Morgan fingerprint density at radius 3 is 1.73 bits per heavy atom. The van der Waals surface area contributed by atoms with Crippen molar-refractivity contribution in [3.8, 4) is 0 Å². The molecule has 3 radical (unpaired) electrons. The van der Waals surface area contributed by atoms with E-state index in [-0.39, 0.29) is 12.4 Å². The predicted octanol–water partition coefficient (Wildman–Crippen LogP) is 4.08. The van der Waals surface area contributed by atoms with E-state index >= 15 is 0 Å². The molecular formula is C20H18ClSn. The van der Waals surface area contributed by atoms with E-state index in [2.05, 4.69) is 78.9 Å². The quantitative estimate of drug-likeness (QED) is 0.567. The van der Waals surface area contributed by atoms with Gasteiger partial charge in [-0.05, 0) is 0 Å². The van der Waals surface area contributed by atoms with Gasteiger partial charge in [-0.15, -0.1) is 12.4 Å². The molecule has 109 valence electrons. The first-order valence-corrected chi connectivity index (χ1v) is 8.66. The second-order valence-corrected chi connectivity index (χ2v) is 6.81. The molecular weight excluding hydrogens is 394 g/mol. The SMILES string of the molecule is Cl.[Sn][c]1cccc(Cc2ccccc2)c1Cc1ccccc1. The van der Waals surface area contributed by atoms with E-state index in [1.165, 1.54) is 48.4 Å². The summed E-state index contributed by atoms with van der Waals surface area (Å²) in [7, 11) is 0. The van der Waals surface area contributed by atoms with Crippen LogP contribution in [0, 0.1) is 0 Å². The van der Waals surface area contributed by atoms with Crippen LogP contribution in [-0.4, -0.2) is 22.5 Å². The Kier molecular flexibility index (Phi) is 6.53. The number of hydrogen-bond donors (Lipinski definition) is 0. The minimum atomic E-state index is 0. The Morgan fingerprint density at radius 2 is 1.14 bits per heavy atom. The summed E-state index contributed by atoms with van der Waals surface area (Å²) in [5.41, 5.74) is 5.74. The van der Waals surface area contributed by atoms with E-state index in [1.807, 2.05) is 0 Å². The van der Waals surface area contributed by atoms with Crippen molar-refractivity contribution in [3.05, 3.63) is 101 Å². The molecule has 3 aromatic carbocycles. The number of halogens is 1. The normalized spacial score (nSPS) is 10.0. The van der Waals surface area contributed by atoms with E-state index in [4.69, 9.17) is 0 Å². The van der Waals surface area contributed by atoms with Crippen LogP contribution in [0.1, 0.15) is 22.3 Å². The van der Waals surface area contributed by atoms with E-state index in [1.54, 1.807) is 0 Å². The van der Waals surface area contributed by atoms with Crippen LogP contribution in [0.25, 0.3) is 0 Å². The molecule has 0 aliphatic rings. The van der Waals surface area contributed by atoms with Gasteiger partial charge in [0, 0.05) is 0 Å². The van der Waals surface area contributed by atoms with Crippen molar-refractivity contribution in [1.29, 1.82) is 0 Å². The molecule has 0 saturated heterocycles. The maximum absolute atomic E-state index is 2.28. The van der Waals surface area contributed by atoms with Crippen molar-refractivity contribution >= 4 is 38.5 Å². The molecule has 0 unspecified atom stereocenters. The summed E-state index contributed by atoms with van der Waals surface area (Å²) in [6.07, 6.45) is 2.05. The molecule has 3 aromatic rings. The molecule has 0 aromatic heterocycles. The van der Waals surface area contributed by atoms with Crippen LogP contribution >= 0.6 is 12.4 Å². The third-order valence-corrected chi connectivity index (χ3v) is 5.07. The zero-order valence-electron chi connectivity index (χ0n) is 12.3. The van der Waals surface area contributed by atoms with Crippen LogP contribution in [0.3, 0.4) is 0 Å². The molecule has 0 heterocycles. The summed E-state index contributed by atoms with van der Waals surface area (Å²) >= 11 is 1.49. The van der Waals surface area contributed by atoms with E-state index in [9.17, 15) is 0 Å².